The monoisotopic (exact) mass is 511 g/mol. The molecule has 2 atom stereocenters. The van der Waals surface area contributed by atoms with Gasteiger partial charge in [0.05, 0.1) is 12.7 Å². The van der Waals surface area contributed by atoms with Crippen LogP contribution in [0.15, 0.2) is 71.1 Å². The van der Waals surface area contributed by atoms with Crippen LogP contribution in [0.25, 0.3) is 0 Å². The van der Waals surface area contributed by atoms with Crippen LogP contribution in [0.4, 0.5) is 0 Å². The number of ketones is 1. The second-order valence-corrected chi connectivity index (χ2v) is 10.5. The van der Waals surface area contributed by atoms with Crippen molar-refractivity contribution in [2.24, 2.45) is 0 Å². The first-order valence-corrected chi connectivity index (χ1v) is 13.3. The van der Waals surface area contributed by atoms with E-state index in [1.54, 1.807) is 31.0 Å². The van der Waals surface area contributed by atoms with Gasteiger partial charge in [0.15, 0.2) is 5.78 Å². The molecule has 1 heterocycles. The molecule has 2 unspecified atom stereocenters. The molecule has 7 heteroatoms. The van der Waals surface area contributed by atoms with Crippen molar-refractivity contribution >= 4 is 35.1 Å². The van der Waals surface area contributed by atoms with E-state index in [4.69, 9.17) is 21.1 Å². The highest BCUT2D eigenvalue weighted by Gasteiger charge is 2.41. The first kappa shape index (κ1) is 25.4. The fraction of sp³-hybridized carbons (Fsp3) is 0.357. The number of rotatable bonds is 8. The molecule has 0 saturated carbocycles. The highest BCUT2D eigenvalue weighted by molar-refractivity contribution is 7.99. The molecule has 0 spiro atoms. The molecule has 0 radical (unpaired) electrons. The van der Waals surface area contributed by atoms with Crippen molar-refractivity contribution in [1.82, 2.24) is 5.32 Å². The standard InChI is InChI=1S/C28H30ClNO4S/c1-4-35-14-13-34-28(32)25-17(2)30-23-15-20(18-7-11-22(33-3)12-8-18)16-24(31)27(23)26(25)19-5-9-21(29)10-6-19/h5-12,20,26,30H,4,13-16H2,1-3H3. The highest BCUT2D eigenvalue weighted by atomic mass is 35.5. The van der Waals surface area contributed by atoms with Crippen LogP contribution in [0.1, 0.15) is 49.7 Å². The lowest BCUT2D eigenvalue weighted by atomic mass is 9.72. The number of ether oxygens (including phenoxy) is 2. The molecular weight excluding hydrogens is 482 g/mol. The van der Waals surface area contributed by atoms with E-state index in [9.17, 15) is 9.59 Å². The summed E-state index contributed by atoms with van der Waals surface area (Å²) in [5.41, 5.74) is 4.68. The van der Waals surface area contributed by atoms with Crippen molar-refractivity contribution in [3.05, 3.63) is 87.2 Å². The number of benzene rings is 2. The van der Waals surface area contributed by atoms with E-state index < -0.39 is 5.92 Å². The second kappa shape index (κ2) is 11.4. The van der Waals surface area contributed by atoms with Gasteiger partial charge in [-0.05, 0) is 60.4 Å². The summed E-state index contributed by atoms with van der Waals surface area (Å²) in [4.78, 5) is 26.9. The molecule has 2 aliphatic rings. The normalized spacial score (nSPS) is 19.8. The Bertz CT molecular complexity index is 1150. The Kier molecular flexibility index (Phi) is 8.24. The van der Waals surface area contributed by atoms with Gasteiger partial charge in [-0.2, -0.15) is 11.8 Å². The predicted octanol–water partition coefficient (Wildman–Crippen LogP) is 6.01. The summed E-state index contributed by atoms with van der Waals surface area (Å²) in [6, 6.07) is 15.2. The topological polar surface area (TPSA) is 64.6 Å². The number of carbonyl (C=O) groups excluding carboxylic acids is 2. The number of methoxy groups -OCH3 is 1. The Morgan fingerprint density at radius 3 is 2.43 bits per heavy atom. The van der Waals surface area contributed by atoms with Crippen LogP contribution in [-0.2, 0) is 14.3 Å². The first-order valence-electron chi connectivity index (χ1n) is 11.8. The van der Waals surface area contributed by atoms with Crippen LogP contribution in [0.2, 0.25) is 5.02 Å². The molecular formula is C28H30ClNO4S. The van der Waals surface area contributed by atoms with Gasteiger partial charge in [-0.1, -0.05) is 42.8 Å². The number of allylic oxidation sites excluding steroid dienone is 3. The Hall–Kier alpha value is -2.70. The van der Waals surface area contributed by atoms with E-state index in [0.717, 1.165) is 39.8 Å². The fourth-order valence-electron chi connectivity index (χ4n) is 4.83. The van der Waals surface area contributed by atoms with E-state index in [-0.39, 0.29) is 17.7 Å². The fourth-order valence-corrected chi connectivity index (χ4v) is 5.44. The molecule has 0 fully saturated rings. The van der Waals surface area contributed by atoms with Gasteiger partial charge in [0, 0.05) is 40.1 Å². The van der Waals surface area contributed by atoms with Gasteiger partial charge in [0.1, 0.15) is 12.4 Å². The quantitative estimate of drug-likeness (QED) is 0.346. The van der Waals surface area contributed by atoms with Crippen LogP contribution < -0.4 is 10.1 Å². The summed E-state index contributed by atoms with van der Waals surface area (Å²) in [6.45, 7) is 4.29. The van der Waals surface area contributed by atoms with Gasteiger partial charge in [-0.25, -0.2) is 4.79 Å². The lowest BCUT2D eigenvalue weighted by Gasteiger charge is -2.36. The smallest absolute Gasteiger partial charge is 0.336 e. The summed E-state index contributed by atoms with van der Waals surface area (Å²) in [5.74, 6) is 1.71. The largest absolute Gasteiger partial charge is 0.497 e. The summed E-state index contributed by atoms with van der Waals surface area (Å²) >= 11 is 7.87. The van der Waals surface area contributed by atoms with E-state index in [1.165, 1.54) is 0 Å². The van der Waals surface area contributed by atoms with Crippen molar-refractivity contribution in [1.29, 1.82) is 0 Å². The lowest BCUT2D eigenvalue weighted by molar-refractivity contribution is -0.138. The Morgan fingerprint density at radius 2 is 1.77 bits per heavy atom. The maximum Gasteiger partial charge on any atom is 0.336 e. The lowest BCUT2D eigenvalue weighted by Crippen LogP contribution is -2.36. The van der Waals surface area contributed by atoms with Gasteiger partial charge < -0.3 is 14.8 Å². The predicted molar refractivity (Wildman–Crippen MR) is 141 cm³/mol. The van der Waals surface area contributed by atoms with Gasteiger partial charge >= 0.3 is 5.97 Å². The molecule has 1 aliphatic heterocycles. The number of Topliss-reactive ketones (excluding diaryl/α,β-unsaturated/α-hetero) is 1. The molecule has 2 aromatic carbocycles. The molecule has 4 rings (SSSR count). The average molecular weight is 512 g/mol. The Morgan fingerprint density at radius 1 is 1.09 bits per heavy atom. The number of carbonyl (C=O) groups is 2. The summed E-state index contributed by atoms with van der Waals surface area (Å²) in [7, 11) is 1.64. The number of hydrogen-bond donors (Lipinski definition) is 1. The number of hydrogen-bond acceptors (Lipinski definition) is 6. The van der Waals surface area contributed by atoms with Crippen LogP contribution >= 0.6 is 23.4 Å². The van der Waals surface area contributed by atoms with E-state index in [0.29, 0.717) is 35.6 Å². The van der Waals surface area contributed by atoms with Crippen LogP contribution in [0.3, 0.4) is 0 Å². The zero-order valence-electron chi connectivity index (χ0n) is 20.2. The molecule has 2 aromatic rings. The average Bonchev–Trinajstić information content (AvgIpc) is 2.86. The summed E-state index contributed by atoms with van der Waals surface area (Å²) in [5, 5.41) is 4.00. The number of dihydropyridines is 1. The molecule has 0 amide bonds. The number of thioether (sulfide) groups is 1. The van der Waals surface area contributed by atoms with Crippen molar-refractivity contribution in [3.8, 4) is 5.75 Å². The van der Waals surface area contributed by atoms with E-state index >= 15 is 0 Å². The molecule has 0 saturated heterocycles. The first-order chi connectivity index (χ1) is 16.9. The Balaban J connectivity index is 1.69. The molecule has 5 nitrogen and oxygen atoms in total. The number of nitrogens with one attached hydrogen (secondary N) is 1. The SMILES string of the molecule is CCSCCOC(=O)C1=C(C)NC2=C(C(=O)CC(c3ccc(OC)cc3)C2)C1c1ccc(Cl)cc1. The zero-order chi connectivity index (χ0) is 24.9. The highest BCUT2D eigenvalue weighted by Crippen LogP contribution is 2.46. The van der Waals surface area contributed by atoms with Crippen molar-refractivity contribution < 1.29 is 19.1 Å². The number of esters is 1. The Labute approximate surface area is 215 Å². The zero-order valence-corrected chi connectivity index (χ0v) is 21.8. The number of halogens is 1. The van der Waals surface area contributed by atoms with Gasteiger partial charge in [0.25, 0.3) is 0 Å². The maximum atomic E-state index is 13.6. The molecule has 0 bridgehead atoms. The van der Waals surface area contributed by atoms with Crippen LogP contribution in [-0.4, -0.2) is 37.0 Å². The van der Waals surface area contributed by atoms with Gasteiger partial charge in [-0.15, -0.1) is 0 Å². The van der Waals surface area contributed by atoms with E-state index in [2.05, 4.69) is 12.2 Å². The third-order valence-corrected chi connectivity index (χ3v) is 7.62. The van der Waals surface area contributed by atoms with Gasteiger partial charge in [-0.3, -0.25) is 4.79 Å². The maximum absolute atomic E-state index is 13.6. The third kappa shape index (κ3) is 5.60. The molecule has 0 aromatic heterocycles. The second-order valence-electron chi connectivity index (χ2n) is 8.67. The minimum atomic E-state index is -0.487. The summed E-state index contributed by atoms with van der Waals surface area (Å²) in [6.07, 6.45) is 1.07. The minimum Gasteiger partial charge on any atom is -0.497 e. The van der Waals surface area contributed by atoms with Crippen molar-refractivity contribution in [3.63, 3.8) is 0 Å². The molecule has 35 heavy (non-hydrogen) atoms. The van der Waals surface area contributed by atoms with Crippen LogP contribution in [0, 0.1) is 0 Å². The summed E-state index contributed by atoms with van der Waals surface area (Å²) < 4.78 is 10.9. The van der Waals surface area contributed by atoms with Crippen molar-refractivity contribution in [2.75, 3.05) is 25.2 Å². The van der Waals surface area contributed by atoms with Crippen molar-refractivity contribution in [2.45, 2.75) is 38.5 Å². The molecule has 1 aliphatic carbocycles. The van der Waals surface area contributed by atoms with Crippen LogP contribution in [0.5, 0.6) is 5.75 Å². The van der Waals surface area contributed by atoms with Gasteiger partial charge in [0.2, 0.25) is 0 Å². The molecule has 184 valence electrons. The molecule has 1 N–H and O–H groups in total. The third-order valence-electron chi connectivity index (χ3n) is 6.50. The van der Waals surface area contributed by atoms with E-state index in [1.807, 2.05) is 43.3 Å². The minimum absolute atomic E-state index is 0.0406.